The third-order valence-corrected chi connectivity index (χ3v) is 4.99. The monoisotopic (exact) mass is 432 g/mol. The van der Waals surface area contributed by atoms with Gasteiger partial charge in [-0.3, -0.25) is 4.98 Å². The Morgan fingerprint density at radius 2 is 1.75 bits per heavy atom. The van der Waals surface area contributed by atoms with Crippen LogP contribution in [0.15, 0.2) is 36.5 Å². The minimum atomic E-state index is -4.51. The second-order valence-corrected chi connectivity index (χ2v) is 7.10. The van der Waals surface area contributed by atoms with Crippen molar-refractivity contribution >= 4 is 34.9 Å². The van der Waals surface area contributed by atoms with Gasteiger partial charge in [-0.05, 0) is 30.3 Å². The number of benzene rings is 1. The van der Waals surface area contributed by atoms with Gasteiger partial charge in [0.15, 0.2) is 0 Å². The van der Waals surface area contributed by atoms with Crippen LogP contribution in [0.1, 0.15) is 11.3 Å². The van der Waals surface area contributed by atoms with Crippen molar-refractivity contribution in [2.75, 3.05) is 31.1 Å². The van der Waals surface area contributed by atoms with E-state index in [9.17, 15) is 18.0 Å². The van der Waals surface area contributed by atoms with Crippen LogP contribution >= 0.6 is 23.2 Å². The van der Waals surface area contributed by atoms with Crippen LogP contribution in [0.5, 0.6) is 0 Å². The van der Waals surface area contributed by atoms with Crippen molar-refractivity contribution in [3.63, 3.8) is 0 Å². The van der Waals surface area contributed by atoms with Crippen molar-refractivity contribution in [1.29, 1.82) is 0 Å². The summed E-state index contributed by atoms with van der Waals surface area (Å²) in [5, 5.41) is 3.18. The average molecular weight is 433 g/mol. The lowest BCUT2D eigenvalue weighted by molar-refractivity contribution is -0.137. The molecule has 1 aromatic carbocycles. The van der Waals surface area contributed by atoms with Crippen LogP contribution in [-0.2, 0) is 12.7 Å². The molecule has 0 aliphatic carbocycles. The van der Waals surface area contributed by atoms with Gasteiger partial charge < -0.3 is 15.1 Å². The maximum atomic E-state index is 12.6. The van der Waals surface area contributed by atoms with E-state index in [2.05, 4.69) is 15.2 Å². The van der Waals surface area contributed by atoms with E-state index < -0.39 is 11.7 Å². The first kappa shape index (κ1) is 20.5. The van der Waals surface area contributed by atoms with Gasteiger partial charge >= 0.3 is 12.2 Å². The second kappa shape index (κ2) is 8.45. The molecule has 0 bridgehead atoms. The maximum absolute atomic E-state index is 12.6. The number of hydrogen-bond acceptors (Lipinski definition) is 3. The number of piperazine rings is 1. The van der Waals surface area contributed by atoms with E-state index in [1.54, 1.807) is 4.90 Å². The normalized spacial score (nSPS) is 14.9. The van der Waals surface area contributed by atoms with Crippen LogP contribution in [0.3, 0.4) is 0 Å². The second-order valence-electron chi connectivity index (χ2n) is 6.26. The summed E-state index contributed by atoms with van der Waals surface area (Å²) in [7, 11) is 0. The molecule has 3 rings (SSSR count). The first-order valence-corrected chi connectivity index (χ1v) is 9.24. The molecule has 0 unspecified atom stereocenters. The Bertz CT molecular complexity index is 838. The Labute approximate surface area is 170 Å². The minimum absolute atomic E-state index is 0.0484. The lowest BCUT2D eigenvalue weighted by Crippen LogP contribution is -2.51. The summed E-state index contributed by atoms with van der Waals surface area (Å²) in [4.78, 5) is 19.8. The van der Waals surface area contributed by atoms with Crippen molar-refractivity contribution in [2.24, 2.45) is 0 Å². The molecule has 0 radical (unpaired) electrons. The molecule has 2 heterocycles. The van der Waals surface area contributed by atoms with Gasteiger partial charge in [-0.1, -0.05) is 23.2 Å². The van der Waals surface area contributed by atoms with Gasteiger partial charge in [-0.25, -0.2) is 4.79 Å². The molecule has 2 aromatic rings. The number of nitrogens with one attached hydrogen (secondary N) is 1. The summed E-state index contributed by atoms with van der Waals surface area (Å²) >= 11 is 11.8. The molecule has 5 nitrogen and oxygen atoms in total. The Kier molecular flexibility index (Phi) is 6.20. The number of carbonyl (C=O) groups is 1. The van der Waals surface area contributed by atoms with Gasteiger partial charge in [0.05, 0.1) is 22.8 Å². The van der Waals surface area contributed by atoms with Gasteiger partial charge in [0.1, 0.15) is 0 Å². The zero-order chi connectivity index (χ0) is 20.3. The SMILES string of the molecule is O=C(NCc1ncc(C(F)(F)F)cc1Cl)N1CCN(c2ccc(Cl)cc2)CC1. The highest BCUT2D eigenvalue weighted by atomic mass is 35.5. The molecule has 0 atom stereocenters. The number of amides is 2. The number of hydrogen-bond donors (Lipinski definition) is 1. The van der Waals surface area contributed by atoms with Gasteiger partial charge in [-0.2, -0.15) is 13.2 Å². The first-order valence-electron chi connectivity index (χ1n) is 8.49. The molecule has 1 aliphatic rings. The summed E-state index contributed by atoms with van der Waals surface area (Å²) in [5.74, 6) is 0. The Balaban J connectivity index is 1.52. The highest BCUT2D eigenvalue weighted by Gasteiger charge is 2.31. The van der Waals surface area contributed by atoms with Gasteiger partial charge in [0.2, 0.25) is 0 Å². The number of urea groups is 1. The molecule has 10 heteroatoms. The largest absolute Gasteiger partial charge is 0.417 e. The Morgan fingerprint density at radius 1 is 1.11 bits per heavy atom. The molecule has 28 heavy (non-hydrogen) atoms. The third-order valence-electron chi connectivity index (χ3n) is 4.41. The fourth-order valence-corrected chi connectivity index (χ4v) is 3.20. The summed E-state index contributed by atoms with van der Waals surface area (Å²) in [5.41, 5.74) is 0.291. The predicted octanol–water partition coefficient (Wildman–Crippen LogP) is 4.44. The minimum Gasteiger partial charge on any atom is -0.368 e. The zero-order valence-corrected chi connectivity index (χ0v) is 16.2. The van der Waals surface area contributed by atoms with E-state index in [4.69, 9.17) is 23.2 Å². The van der Waals surface area contributed by atoms with E-state index in [0.29, 0.717) is 37.4 Å². The van der Waals surface area contributed by atoms with Crippen molar-refractivity contribution in [3.05, 3.63) is 57.8 Å². The van der Waals surface area contributed by atoms with Gasteiger partial charge in [0, 0.05) is 43.1 Å². The Morgan fingerprint density at radius 3 is 2.32 bits per heavy atom. The van der Waals surface area contributed by atoms with E-state index in [0.717, 1.165) is 11.8 Å². The molecule has 1 saturated heterocycles. The van der Waals surface area contributed by atoms with E-state index >= 15 is 0 Å². The van der Waals surface area contributed by atoms with Crippen molar-refractivity contribution in [1.82, 2.24) is 15.2 Å². The summed E-state index contributed by atoms with van der Waals surface area (Å²) < 4.78 is 37.9. The summed E-state index contributed by atoms with van der Waals surface area (Å²) in [6.45, 7) is 2.31. The maximum Gasteiger partial charge on any atom is 0.417 e. The quantitative estimate of drug-likeness (QED) is 0.779. The molecular formula is C18H17Cl2F3N4O. The molecule has 1 N–H and O–H groups in total. The number of nitrogens with zero attached hydrogens (tertiary/aromatic N) is 3. The van der Waals surface area contributed by atoms with Crippen LogP contribution < -0.4 is 10.2 Å². The van der Waals surface area contributed by atoms with Crippen LogP contribution in [0.25, 0.3) is 0 Å². The van der Waals surface area contributed by atoms with Crippen molar-refractivity contribution < 1.29 is 18.0 Å². The van der Waals surface area contributed by atoms with Crippen LogP contribution in [-0.4, -0.2) is 42.1 Å². The fraction of sp³-hybridized carbons (Fsp3) is 0.333. The van der Waals surface area contributed by atoms with Gasteiger partial charge in [0.25, 0.3) is 0 Å². The van der Waals surface area contributed by atoms with E-state index in [1.807, 2.05) is 24.3 Å². The number of alkyl halides is 3. The van der Waals surface area contributed by atoms with Crippen LogP contribution in [0.4, 0.5) is 23.7 Å². The highest BCUT2D eigenvalue weighted by molar-refractivity contribution is 6.31. The standard InChI is InChI=1S/C18H17Cl2F3N4O/c19-13-1-3-14(4-2-13)26-5-7-27(8-6-26)17(28)25-11-16-15(20)9-12(10-24-16)18(21,22)23/h1-4,9-10H,5-8,11H2,(H,25,28). The topological polar surface area (TPSA) is 48.5 Å². The molecular weight excluding hydrogens is 416 g/mol. The molecule has 1 aromatic heterocycles. The van der Waals surface area contributed by atoms with Crippen LogP contribution in [0, 0.1) is 0 Å². The van der Waals surface area contributed by atoms with Crippen molar-refractivity contribution in [2.45, 2.75) is 12.7 Å². The molecule has 0 saturated carbocycles. The lowest BCUT2D eigenvalue weighted by atomic mass is 10.2. The predicted molar refractivity (Wildman–Crippen MR) is 102 cm³/mol. The molecule has 0 spiro atoms. The highest BCUT2D eigenvalue weighted by Crippen LogP contribution is 2.31. The Hall–Kier alpha value is -2.19. The van der Waals surface area contributed by atoms with Gasteiger partial charge in [-0.15, -0.1) is 0 Å². The number of anilines is 1. The summed E-state index contributed by atoms with van der Waals surface area (Å²) in [6.07, 6.45) is -3.81. The number of halogens is 5. The fourth-order valence-electron chi connectivity index (χ4n) is 2.84. The molecule has 1 aliphatic heterocycles. The number of pyridine rings is 1. The number of carbonyl (C=O) groups excluding carboxylic acids is 1. The number of aromatic nitrogens is 1. The smallest absolute Gasteiger partial charge is 0.368 e. The molecule has 2 amide bonds. The van der Waals surface area contributed by atoms with Crippen LogP contribution in [0.2, 0.25) is 10.0 Å². The lowest BCUT2D eigenvalue weighted by Gasteiger charge is -2.36. The number of rotatable bonds is 3. The third kappa shape index (κ3) is 4.99. The molecule has 1 fully saturated rings. The zero-order valence-electron chi connectivity index (χ0n) is 14.6. The van der Waals surface area contributed by atoms with E-state index in [1.165, 1.54) is 0 Å². The summed E-state index contributed by atoms with van der Waals surface area (Å²) in [6, 6.07) is 7.98. The van der Waals surface area contributed by atoms with Crippen molar-refractivity contribution in [3.8, 4) is 0 Å². The average Bonchev–Trinajstić information content (AvgIpc) is 2.67. The first-order chi connectivity index (χ1) is 13.2. The van der Waals surface area contributed by atoms with E-state index in [-0.39, 0.29) is 23.3 Å². The molecule has 150 valence electrons.